The Balaban J connectivity index is 1.63. The molecule has 9 heteroatoms. The van der Waals surface area contributed by atoms with E-state index in [0.717, 1.165) is 16.7 Å². The zero-order valence-corrected chi connectivity index (χ0v) is 16.5. The van der Waals surface area contributed by atoms with Crippen molar-refractivity contribution in [3.8, 4) is 0 Å². The van der Waals surface area contributed by atoms with Gasteiger partial charge in [0, 0.05) is 13.1 Å². The molecule has 0 spiro atoms. The van der Waals surface area contributed by atoms with Gasteiger partial charge in [0.15, 0.2) is 5.76 Å². The van der Waals surface area contributed by atoms with Gasteiger partial charge < -0.3 is 9.73 Å². The number of furan rings is 1. The molecule has 1 aromatic carbocycles. The van der Waals surface area contributed by atoms with Crippen molar-refractivity contribution in [3.05, 3.63) is 62.4 Å². The van der Waals surface area contributed by atoms with Crippen molar-refractivity contribution < 1.29 is 18.8 Å². The van der Waals surface area contributed by atoms with E-state index < -0.39 is 17.1 Å². The predicted octanol–water partition coefficient (Wildman–Crippen LogP) is 4.36. The van der Waals surface area contributed by atoms with Crippen molar-refractivity contribution in [3.63, 3.8) is 0 Å². The number of aryl methyl sites for hydroxylation is 1. The lowest BCUT2D eigenvalue weighted by Crippen LogP contribution is -2.37. The molecule has 0 aliphatic carbocycles. The van der Waals surface area contributed by atoms with Gasteiger partial charge >= 0.3 is 0 Å². The van der Waals surface area contributed by atoms with Gasteiger partial charge in [-0.05, 0) is 48.5 Å². The van der Waals surface area contributed by atoms with Crippen LogP contribution in [0.2, 0.25) is 10.0 Å². The molecule has 0 atom stereocenters. The summed E-state index contributed by atoms with van der Waals surface area (Å²) in [5, 5.41) is 2.88. The van der Waals surface area contributed by atoms with Crippen LogP contribution in [-0.4, -0.2) is 35.0 Å². The summed E-state index contributed by atoms with van der Waals surface area (Å²) in [4.78, 5) is 37.8. The van der Waals surface area contributed by atoms with E-state index in [1.165, 1.54) is 6.08 Å². The number of hydrogen-bond donors (Lipinski definition) is 1. The molecule has 3 rings (SSSR count). The Morgan fingerprint density at radius 3 is 2.74 bits per heavy atom. The number of thioether (sulfide) groups is 1. The first kappa shape index (κ1) is 19.5. The number of amides is 3. The summed E-state index contributed by atoms with van der Waals surface area (Å²) in [5.74, 6) is -0.0477. The minimum atomic E-state index is -0.441. The Morgan fingerprint density at radius 1 is 1.26 bits per heavy atom. The van der Waals surface area contributed by atoms with Crippen LogP contribution in [0.1, 0.15) is 21.9 Å². The van der Waals surface area contributed by atoms with E-state index in [4.69, 9.17) is 27.6 Å². The van der Waals surface area contributed by atoms with E-state index in [1.54, 1.807) is 37.3 Å². The van der Waals surface area contributed by atoms with Crippen molar-refractivity contribution in [2.45, 2.75) is 6.92 Å². The van der Waals surface area contributed by atoms with Crippen LogP contribution in [-0.2, 0) is 4.79 Å². The summed E-state index contributed by atoms with van der Waals surface area (Å²) in [6.45, 7) is 1.90. The van der Waals surface area contributed by atoms with Gasteiger partial charge in [-0.2, -0.15) is 0 Å². The topological polar surface area (TPSA) is 79.6 Å². The molecule has 1 fully saturated rings. The highest BCUT2D eigenvalue weighted by Gasteiger charge is 2.34. The van der Waals surface area contributed by atoms with E-state index in [-0.39, 0.29) is 23.8 Å². The van der Waals surface area contributed by atoms with E-state index in [2.05, 4.69) is 5.32 Å². The summed E-state index contributed by atoms with van der Waals surface area (Å²) >= 11 is 12.9. The van der Waals surface area contributed by atoms with E-state index >= 15 is 0 Å². The maximum Gasteiger partial charge on any atom is 0.293 e. The number of benzene rings is 1. The Bertz CT molecular complexity index is 955. The zero-order valence-electron chi connectivity index (χ0n) is 14.1. The molecule has 3 amide bonds. The first-order chi connectivity index (χ1) is 12.9. The molecule has 1 N–H and O–H groups in total. The normalized spacial score (nSPS) is 15.7. The average molecular weight is 425 g/mol. The maximum atomic E-state index is 12.5. The third kappa shape index (κ3) is 4.37. The van der Waals surface area contributed by atoms with Crippen LogP contribution >= 0.6 is 35.0 Å². The van der Waals surface area contributed by atoms with Crippen molar-refractivity contribution >= 4 is 58.1 Å². The lowest BCUT2D eigenvalue weighted by Gasteiger charge is -2.12. The fourth-order valence-electron chi connectivity index (χ4n) is 2.39. The summed E-state index contributed by atoms with van der Waals surface area (Å²) in [6, 6.07) is 8.28. The molecule has 1 saturated heterocycles. The molecule has 1 aliphatic rings. The first-order valence-corrected chi connectivity index (χ1v) is 9.48. The van der Waals surface area contributed by atoms with Crippen LogP contribution < -0.4 is 5.32 Å². The second-order valence-corrected chi connectivity index (χ2v) is 7.42. The molecule has 2 heterocycles. The number of carbonyl (C=O) groups is 3. The molecule has 0 radical (unpaired) electrons. The number of halogens is 2. The van der Waals surface area contributed by atoms with Gasteiger partial charge in [-0.15, -0.1) is 0 Å². The third-order valence-corrected chi connectivity index (χ3v) is 5.47. The Kier molecular flexibility index (Phi) is 5.94. The van der Waals surface area contributed by atoms with Crippen LogP contribution in [0, 0.1) is 6.92 Å². The number of imide groups is 1. The van der Waals surface area contributed by atoms with Gasteiger partial charge in [-0.25, -0.2) is 0 Å². The average Bonchev–Trinajstić information content (AvgIpc) is 3.17. The maximum absolute atomic E-state index is 12.5. The molecular weight excluding hydrogens is 411 g/mol. The third-order valence-electron chi connectivity index (χ3n) is 3.73. The highest BCUT2D eigenvalue weighted by molar-refractivity contribution is 8.18. The molecular formula is C18H14Cl2N2O4S. The number of rotatable bonds is 5. The molecule has 2 aromatic rings. The fraction of sp³-hybridized carbons (Fsp3) is 0.167. The van der Waals surface area contributed by atoms with E-state index in [9.17, 15) is 14.4 Å². The summed E-state index contributed by atoms with van der Waals surface area (Å²) in [5.41, 5.74) is 0.552. The van der Waals surface area contributed by atoms with E-state index in [1.807, 2.05) is 0 Å². The van der Waals surface area contributed by atoms with Gasteiger partial charge in [-0.3, -0.25) is 19.3 Å². The number of nitrogens with one attached hydrogen (secondary N) is 1. The lowest BCUT2D eigenvalue weighted by atomic mass is 10.2. The van der Waals surface area contributed by atoms with Crippen LogP contribution in [0.5, 0.6) is 0 Å². The monoisotopic (exact) mass is 424 g/mol. The van der Waals surface area contributed by atoms with Crippen LogP contribution in [0.3, 0.4) is 0 Å². The minimum absolute atomic E-state index is 0.0523. The Hall–Kier alpha value is -2.22. The summed E-state index contributed by atoms with van der Waals surface area (Å²) in [7, 11) is 0. The van der Waals surface area contributed by atoms with Gasteiger partial charge in [0.1, 0.15) is 5.76 Å². The van der Waals surface area contributed by atoms with Gasteiger partial charge in [-0.1, -0.05) is 35.3 Å². The molecule has 0 saturated carbocycles. The van der Waals surface area contributed by atoms with Gasteiger partial charge in [0.2, 0.25) is 0 Å². The SMILES string of the molecule is Cc1ccc(C(=O)NCCN2C(=O)S/C(=C/c3cccc(Cl)c3Cl)C2=O)o1. The van der Waals surface area contributed by atoms with Crippen molar-refractivity contribution in [2.75, 3.05) is 13.1 Å². The molecule has 27 heavy (non-hydrogen) atoms. The summed E-state index contributed by atoms with van der Waals surface area (Å²) in [6.07, 6.45) is 1.53. The highest BCUT2D eigenvalue weighted by atomic mass is 35.5. The minimum Gasteiger partial charge on any atom is -0.456 e. The van der Waals surface area contributed by atoms with E-state index in [0.29, 0.717) is 21.4 Å². The molecule has 6 nitrogen and oxygen atoms in total. The smallest absolute Gasteiger partial charge is 0.293 e. The van der Waals surface area contributed by atoms with Gasteiger partial charge in [0.25, 0.3) is 17.1 Å². The molecule has 0 bridgehead atoms. The largest absolute Gasteiger partial charge is 0.456 e. The first-order valence-electron chi connectivity index (χ1n) is 7.91. The van der Waals surface area contributed by atoms with Crippen molar-refractivity contribution in [1.82, 2.24) is 10.2 Å². The molecule has 1 aromatic heterocycles. The zero-order chi connectivity index (χ0) is 19.6. The fourth-order valence-corrected chi connectivity index (χ4v) is 3.61. The van der Waals surface area contributed by atoms with Crippen LogP contribution in [0.25, 0.3) is 6.08 Å². The number of carbonyl (C=O) groups excluding carboxylic acids is 3. The number of hydrogen-bond acceptors (Lipinski definition) is 5. The van der Waals surface area contributed by atoms with Crippen molar-refractivity contribution in [2.24, 2.45) is 0 Å². The molecule has 1 aliphatic heterocycles. The highest BCUT2D eigenvalue weighted by Crippen LogP contribution is 2.34. The van der Waals surface area contributed by atoms with Gasteiger partial charge in [0.05, 0.1) is 15.0 Å². The second-order valence-electron chi connectivity index (χ2n) is 5.64. The molecule has 0 unspecified atom stereocenters. The van der Waals surface area contributed by atoms with Crippen molar-refractivity contribution in [1.29, 1.82) is 0 Å². The molecule has 140 valence electrons. The lowest BCUT2D eigenvalue weighted by molar-refractivity contribution is -0.122. The predicted molar refractivity (Wildman–Crippen MR) is 105 cm³/mol. The Morgan fingerprint density at radius 2 is 2.04 bits per heavy atom. The van der Waals surface area contributed by atoms with Crippen LogP contribution in [0.4, 0.5) is 4.79 Å². The Labute approximate surface area is 169 Å². The number of nitrogens with zero attached hydrogens (tertiary/aromatic N) is 1. The summed E-state index contributed by atoms with van der Waals surface area (Å²) < 4.78 is 5.22. The standard InChI is InChI=1S/C18H14Cl2N2O4S/c1-10-5-6-13(26-10)16(23)21-7-8-22-17(24)14(27-18(22)25)9-11-3-2-4-12(19)15(11)20/h2-6,9H,7-8H2,1H3,(H,21,23)/b14-9+. The van der Waals surface area contributed by atoms with Crippen LogP contribution in [0.15, 0.2) is 39.7 Å². The second kappa shape index (κ2) is 8.21. The quantitative estimate of drug-likeness (QED) is 0.721.